The molecule has 0 bridgehead atoms. The molecule has 0 unspecified atom stereocenters. The zero-order valence-corrected chi connectivity index (χ0v) is 8.03. The summed E-state index contributed by atoms with van der Waals surface area (Å²) < 4.78 is 37.4. The number of hydrogen-bond donors (Lipinski definition) is 0. The van der Waals surface area contributed by atoms with Crippen LogP contribution in [0.3, 0.4) is 0 Å². The fourth-order valence-corrected chi connectivity index (χ4v) is 1.47. The van der Waals surface area contributed by atoms with Gasteiger partial charge in [-0.1, -0.05) is 18.2 Å². The third-order valence-electron chi connectivity index (χ3n) is 2.11. The molecule has 0 N–H and O–H groups in total. The van der Waals surface area contributed by atoms with E-state index in [1.54, 1.807) is 18.2 Å². The Bertz CT molecular complexity index is 574. The molecule has 1 aromatic heterocycles. The predicted octanol–water partition coefficient (Wildman–Crippen LogP) is 1.96. The highest BCUT2D eigenvalue weighted by molar-refractivity contribution is 5.77. The summed E-state index contributed by atoms with van der Waals surface area (Å²) in [6.07, 6.45) is -3.17. The number of rotatable bonds is 1. The fraction of sp³-hybridized carbons (Fsp3) is 0.200. The molecule has 0 radical (unpaired) electrons. The molecule has 2 aromatic rings. The number of fused-ring (bicyclic) bond motifs is 1. The van der Waals surface area contributed by atoms with Crippen molar-refractivity contribution in [3.8, 4) is 0 Å². The Hall–Kier alpha value is -1.85. The Balaban J connectivity index is 2.66. The van der Waals surface area contributed by atoms with E-state index in [2.05, 4.69) is 4.98 Å². The van der Waals surface area contributed by atoms with Crippen molar-refractivity contribution < 1.29 is 13.2 Å². The quantitative estimate of drug-likeness (QED) is 0.747. The second-order valence-corrected chi connectivity index (χ2v) is 3.30. The summed E-state index contributed by atoms with van der Waals surface area (Å²) in [7, 11) is 0. The number of alkyl halides is 3. The highest BCUT2D eigenvalue weighted by atomic mass is 19.4. The first-order valence-electron chi connectivity index (χ1n) is 4.49. The molecule has 0 amide bonds. The molecule has 0 saturated carbocycles. The monoisotopic (exact) mass is 228 g/mol. The standard InChI is InChI=1S/C10H7F3N2O/c11-10(12,13)6-15-8-4-2-1-3-7(8)5-14-9(15)16/h1-5H,6H2. The van der Waals surface area contributed by atoms with Gasteiger partial charge in [0.2, 0.25) is 0 Å². The summed E-state index contributed by atoms with van der Waals surface area (Å²) in [6, 6.07) is 6.32. The van der Waals surface area contributed by atoms with Gasteiger partial charge in [0.1, 0.15) is 6.54 Å². The van der Waals surface area contributed by atoms with Crippen molar-refractivity contribution >= 4 is 10.9 Å². The van der Waals surface area contributed by atoms with E-state index in [1.807, 2.05) is 0 Å². The molecular formula is C10H7F3N2O. The van der Waals surface area contributed by atoms with Gasteiger partial charge in [0.25, 0.3) is 0 Å². The molecule has 3 nitrogen and oxygen atoms in total. The number of halogens is 3. The number of hydrogen-bond acceptors (Lipinski definition) is 2. The van der Waals surface area contributed by atoms with E-state index in [-0.39, 0.29) is 5.52 Å². The summed E-state index contributed by atoms with van der Waals surface area (Å²) >= 11 is 0. The van der Waals surface area contributed by atoms with E-state index in [0.717, 1.165) is 0 Å². The molecule has 6 heteroatoms. The lowest BCUT2D eigenvalue weighted by Gasteiger charge is -2.11. The van der Waals surface area contributed by atoms with Crippen molar-refractivity contribution in [1.29, 1.82) is 0 Å². The van der Waals surface area contributed by atoms with Gasteiger partial charge in [0, 0.05) is 11.6 Å². The minimum atomic E-state index is -4.43. The van der Waals surface area contributed by atoms with Gasteiger partial charge in [-0.25, -0.2) is 9.78 Å². The van der Waals surface area contributed by atoms with Crippen molar-refractivity contribution in [3.63, 3.8) is 0 Å². The van der Waals surface area contributed by atoms with Crippen LogP contribution in [0.1, 0.15) is 0 Å². The first-order chi connectivity index (χ1) is 7.47. The molecule has 0 aliphatic rings. The lowest BCUT2D eigenvalue weighted by atomic mass is 10.2. The maximum atomic E-state index is 12.3. The van der Waals surface area contributed by atoms with E-state index in [9.17, 15) is 18.0 Å². The third-order valence-corrected chi connectivity index (χ3v) is 2.11. The van der Waals surface area contributed by atoms with Gasteiger partial charge in [-0.2, -0.15) is 13.2 Å². The number of para-hydroxylation sites is 1. The summed E-state index contributed by atoms with van der Waals surface area (Å²) in [4.78, 5) is 14.7. The topological polar surface area (TPSA) is 34.9 Å². The van der Waals surface area contributed by atoms with E-state index < -0.39 is 18.4 Å². The molecule has 84 valence electrons. The highest BCUT2D eigenvalue weighted by Gasteiger charge is 2.29. The van der Waals surface area contributed by atoms with Crippen LogP contribution < -0.4 is 5.69 Å². The smallest absolute Gasteiger partial charge is 0.283 e. The number of aromatic nitrogens is 2. The minimum Gasteiger partial charge on any atom is -0.283 e. The zero-order chi connectivity index (χ0) is 11.8. The van der Waals surface area contributed by atoms with Crippen LogP contribution in [-0.2, 0) is 6.54 Å². The summed E-state index contributed by atoms with van der Waals surface area (Å²) in [6.45, 7) is -1.32. The van der Waals surface area contributed by atoms with Crippen LogP contribution in [0.2, 0.25) is 0 Å². The van der Waals surface area contributed by atoms with Crippen LogP contribution in [0.25, 0.3) is 10.9 Å². The largest absolute Gasteiger partial charge is 0.406 e. The molecule has 2 rings (SSSR count). The lowest BCUT2D eigenvalue weighted by molar-refractivity contribution is -0.140. The average Bonchev–Trinajstić information content (AvgIpc) is 2.21. The van der Waals surface area contributed by atoms with Crippen molar-refractivity contribution in [3.05, 3.63) is 40.9 Å². The molecule has 0 fully saturated rings. The van der Waals surface area contributed by atoms with E-state index in [1.165, 1.54) is 12.3 Å². The molecule has 0 spiro atoms. The molecule has 0 aliphatic heterocycles. The molecule has 0 atom stereocenters. The first-order valence-corrected chi connectivity index (χ1v) is 4.49. The predicted molar refractivity (Wildman–Crippen MR) is 52.1 cm³/mol. The van der Waals surface area contributed by atoms with Crippen LogP contribution in [0.15, 0.2) is 35.3 Å². The number of benzene rings is 1. The van der Waals surface area contributed by atoms with Crippen LogP contribution in [0.5, 0.6) is 0 Å². The van der Waals surface area contributed by atoms with Gasteiger partial charge in [-0.05, 0) is 6.07 Å². The van der Waals surface area contributed by atoms with Gasteiger partial charge in [-0.3, -0.25) is 4.57 Å². The molecule has 1 aromatic carbocycles. The molecule has 0 aliphatic carbocycles. The van der Waals surface area contributed by atoms with E-state index >= 15 is 0 Å². The van der Waals surface area contributed by atoms with Gasteiger partial charge in [0.05, 0.1) is 5.52 Å². The van der Waals surface area contributed by atoms with Gasteiger partial charge >= 0.3 is 11.9 Å². The molecular weight excluding hydrogens is 221 g/mol. The number of nitrogens with zero attached hydrogens (tertiary/aromatic N) is 2. The van der Waals surface area contributed by atoms with Crippen LogP contribution in [0.4, 0.5) is 13.2 Å². The van der Waals surface area contributed by atoms with E-state index in [0.29, 0.717) is 9.95 Å². The van der Waals surface area contributed by atoms with Crippen molar-refractivity contribution in [2.45, 2.75) is 12.7 Å². The Labute approximate surface area is 88.2 Å². The Morgan fingerprint density at radius 2 is 1.94 bits per heavy atom. The molecule has 1 heterocycles. The average molecular weight is 228 g/mol. The van der Waals surface area contributed by atoms with Crippen LogP contribution >= 0.6 is 0 Å². The summed E-state index contributed by atoms with van der Waals surface area (Å²) in [5.41, 5.74) is -0.657. The summed E-state index contributed by atoms with van der Waals surface area (Å²) in [5.74, 6) is 0. The maximum absolute atomic E-state index is 12.3. The van der Waals surface area contributed by atoms with Gasteiger partial charge < -0.3 is 0 Å². The normalized spacial score (nSPS) is 11.9. The maximum Gasteiger partial charge on any atom is 0.406 e. The Kier molecular flexibility index (Phi) is 2.41. The Morgan fingerprint density at radius 1 is 1.25 bits per heavy atom. The minimum absolute atomic E-state index is 0.236. The highest BCUT2D eigenvalue weighted by Crippen LogP contribution is 2.19. The van der Waals surface area contributed by atoms with Crippen molar-refractivity contribution in [2.75, 3.05) is 0 Å². The second kappa shape index (κ2) is 3.62. The SMILES string of the molecule is O=c1ncc2ccccc2n1CC(F)(F)F. The second-order valence-electron chi connectivity index (χ2n) is 3.30. The Morgan fingerprint density at radius 3 is 2.62 bits per heavy atom. The van der Waals surface area contributed by atoms with Crippen molar-refractivity contribution in [2.24, 2.45) is 0 Å². The van der Waals surface area contributed by atoms with Crippen molar-refractivity contribution in [1.82, 2.24) is 9.55 Å². The van der Waals surface area contributed by atoms with Crippen LogP contribution in [0, 0.1) is 0 Å². The fourth-order valence-electron chi connectivity index (χ4n) is 1.47. The zero-order valence-electron chi connectivity index (χ0n) is 8.03. The van der Waals surface area contributed by atoms with Crippen LogP contribution in [-0.4, -0.2) is 15.7 Å². The summed E-state index contributed by atoms with van der Waals surface area (Å²) in [5, 5.41) is 0.506. The molecule has 16 heavy (non-hydrogen) atoms. The van der Waals surface area contributed by atoms with E-state index in [4.69, 9.17) is 0 Å². The lowest BCUT2D eigenvalue weighted by Crippen LogP contribution is -2.29. The molecule has 0 saturated heterocycles. The first kappa shape index (κ1) is 10.7. The van der Waals surface area contributed by atoms with Gasteiger partial charge in [0.15, 0.2) is 0 Å². The van der Waals surface area contributed by atoms with Gasteiger partial charge in [-0.15, -0.1) is 0 Å². The third kappa shape index (κ3) is 2.05.